The fourth-order valence-electron chi connectivity index (χ4n) is 3.40. The predicted molar refractivity (Wildman–Crippen MR) is 68.0 cm³/mol. The molecule has 1 unspecified atom stereocenters. The zero-order chi connectivity index (χ0) is 12.1. The molecule has 2 saturated carbocycles. The third-order valence-corrected chi connectivity index (χ3v) is 4.41. The summed E-state index contributed by atoms with van der Waals surface area (Å²) in [5, 5.41) is 12.8. The first-order valence-electron chi connectivity index (χ1n) is 7.26. The van der Waals surface area contributed by atoms with Crippen LogP contribution < -0.4 is 5.32 Å². The van der Waals surface area contributed by atoms with E-state index in [1.165, 1.54) is 38.5 Å². The molecule has 0 aliphatic heterocycles. The molecule has 0 aromatic heterocycles. The Morgan fingerprint density at radius 3 is 2.00 bits per heavy atom. The van der Waals surface area contributed by atoms with E-state index in [9.17, 15) is 9.90 Å². The molecule has 2 aliphatic rings. The molecule has 0 spiro atoms. The maximum atomic E-state index is 11.4. The van der Waals surface area contributed by atoms with Crippen molar-refractivity contribution < 1.29 is 9.90 Å². The Bertz CT molecular complexity index is 241. The lowest BCUT2D eigenvalue weighted by Gasteiger charge is -2.26. The Hall–Kier alpha value is -0.570. The molecule has 2 rings (SSSR count). The minimum atomic E-state index is -0.638. The second-order valence-electron chi connectivity index (χ2n) is 5.72. The van der Waals surface area contributed by atoms with Crippen molar-refractivity contribution in [2.75, 3.05) is 0 Å². The first kappa shape index (κ1) is 12.9. The van der Waals surface area contributed by atoms with E-state index >= 15 is 0 Å². The van der Waals surface area contributed by atoms with Crippen molar-refractivity contribution in [3.05, 3.63) is 0 Å². The number of hydrogen-bond donors (Lipinski definition) is 2. The minimum Gasteiger partial charge on any atom is -0.480 e. The summed E-state index contributed by atoms with van der Waals surface area (Å²) in [6.07, 6.45) is 12.1. The van der Waals surface area contributed by atoms with E-state index in [1.807, 2.05) is 0 Å². The average Bonchev–Trinajstić information content (AvgIpc) is 2.70. The number of carboxylic acid groups (broad SMARTS) is 1. The highest BCUT2D eigenvalue weighted by Gasteiger charge is 2.32. The number of carboxylic acids is 1. The molecular weight excluding hydrogens is 214 g/mol. The van der Waals surface area contributed by atoms with Crippen LogP contribution >= 0.6 is 0 Å². The van der Waals surface area contributed by atoms with Gasteiger partial charge in [-0.2, -0.15) is 0 Å². The quantitative estimate of drug-likeness (QED) is 0.742. The number of hydrogen-bond acceptors (Lipinski definition) is 2. The Labute approximate surface area is 104 Å². The van der Waals surface area contributed by atoms with Crippen molar-refractivity contribution >= 4 is 5.97 Å². The molecule has 2 fully saturated rings. The number of aliphatic carboxylic acids is 1. The van der Waals surface area contributed by atoms with Crippen LogP contribution in [0.1, 0.15) is 64.2 Å². The molecule has 3 heteroatoms. The molecule has 2 aliphatic carbocycles. The van der Waals surface area contributed by atoms with E-state index in [-0.39, 0.29) is 6.04 Å². The molecule has 3 nitrogen and oxygen atoms in total. The molecule has 0 heterocycles. The zero-order valence-corrected chi connectivity index (χ0v) is 10.7. The largest absolute Gasteiger partial charge is 0.480 e. The summed E-state index contributed by atoms with van der Waals surface area (Å²) in [5.74, 6) is -0.267. The van der Waals surface area contributed by atoms with Gasteiger partial charge in [-0.25, -0.2) is 0 Å². The van der Waals surface area contributed by atoms with E-state index in [0.717, 1.165) is 25.7 Å². The highest BCUT2D eigenvalue weighted by atomic mass is 16.4. The van der Waals surface area contributed by atoms with Gasteiger partial charge in [-0.3, -0.25) is 4.79 Å². The topological polar surface area (TPSA) is 49.3 Å². The lowest BCUT2D eigenvalue weighted by Crippen LogP contribution is -2.47. The molecule has 0 aromatic rings. The Balaban J connectivity index is 1.89. The van der Waals surface area contributed by atoms with Gasteiger partial charge in [-0.15, -0.1) is 0 Å². The van der Waals surface area contributed by atoms with E-state index in [4.69, 9.17) is 0 Å². The normalized spacial score (nSPS) is 25.6. The molecule has 0 radical (unpaired) electrons. The van der Waals surface area contributed by atoms with Crippen LogP contribution in [0.3, 0.4) is 0 Å². The number of nitrogens with one attached hydrogen (secondary N) is 1. The summed E-state index contributed by atoms with van der Waals surface area (Å²) in [5.41, 5.74) is 0. The van der Waals surface area contributed by atoms with Crippen LogP contribution in [0.4, 0.5) is 0 Å². The van der Waals surface area contributed by atoms with Gasteiger partial charge in [0.1, 0.15) is 6.04 Å². The summed E-state index contributed by atoms with van der Waals surface area (Å²) in [6, 6.07) is 0.153. The second kappa shape index (κ2) is 6.39. The van der Waals surface area contributed by atoms with Gasteiger partial charge in [0.25, 0.3) is 0 Å². The number of rotatable bonds is 4. The Morgan fingerprint density at radius 2 is 1.47 bits per heavy atom. The molecule has 0 aromatic carbocycles. The van der Waals surface area contributed by atoms with E-state index in [0.29, 0.717) is 12.0 Å². The first-order valence-corrected chi connectivity index (χ1v) is 7.26. The molecule has 17 heavy (non-hydrogen) atoms. The van der Waals surface area contributed by atoms with E-state index in [1.54, 1.807) is 0 Å². The van der Waals surface area contributed by atoms with Gasteiger partial charge in [-0.1, -0.05) is 38.5 Å². The van der Waals surface area contributed by atoms with Crippen molar-refractivity contribution in [1.29, 1.82) is 0 Å². The lowest BCUT2D eigenvalue weighted by atomic mass is 9.96. The summed E-state index contributed by atoms with van der Waals surface area (Å²) in [4.78, 5) is 11.4. The third kappa shape index (κ3) is 3.70. The van der Waals surface area contributed by atoms with Gasteiger partial charge in [0.2, 0.25) is 0 Å². The maximum absolute atomic E-state index is 11.4. The fourth-order valence-corrected chi connectivity index (χ4v) is 3.40. The van der Waals surface area contributed by atoms with Crippen LogP contribution in [0.25, 0.3) is 0 Å². The van der Waals surface area contributed by atoms with Gasteiger partial charge in [0.15, 0.2) is 0 Å². The zero-order valence-electron chi connectivity index (χ0n) is 10.7. The highest BCUT2D eigenvalue weighted by molar-refractivity contribution is 5.74. The molecule has 0 saturated heterocycles. The fraction of sp³-hybridized carbons (Fsp3) is 0.929. The SMILES string of the molecule is O=C(O)C(NC1CCCCCC1)C1CCCC1. The summed E-state index contributed by atoms with van der Waals surface area (Å²) in [7, 11) is 0. The van der Waals surface area contributed by atoms with Crippen molar-refractivity contribution in [2.45, 2.75) is 76.3 Å². The van der Waals surface area contributed by atoms with Crippen molar-refractivity contribution in [1.82, 2.24) is 5.32 Å². The average molecular weight is 239 g/mol. The third-order valence-electron chi connectivity index (χ3n) is 4.41. The van der Waals surface area contributed by atoms with Crippen LogP contribution in [0.2, 0.25) is 0 Å². The summed E-state index contributed by atoms with van der Waals surface area (Å²) in [6.45, 7) is 0. The first-order chi connectivity index (χ1) is 8.27. The Morgan fingerprint density at radius 1 is 0.941 bits per heavy atom. The predicted octanol–water partition coefficient (Wildman–Crippen LogP) is 2.94. The van der Waals surface area contributed by atoms with Crippen LogP contribution in [-0.4, -0.2) is 23.2 Å². The van der Waals surface area contributed by atoms with Crippen molar-refractivity contribution in [2.24, 2.45) is 5.92 Å². The van der Waals surface area contributed by atoms with Gasteiger partial charge < -0.3 is 10.4 Å². The lowest BCUT2D eigenvalue weighted by molar-refractivity contribution is -0.141. The van der Waals surface area contributed by atoms with Crippen molar-refractivity contribution in [3.8, 4) is 0 Å². The van der Waals surface area contributed by atoms with Gasteiger partial charge >= 0.3 is 5.97 Å². The van der Waals surface area contributed by atoms with Gasteiger partial charge in [0, 0.05) is 6.04 Å². The monoisotopic (exact) mass is 239 g/mol. The molecule has 0 bridgehead atoms. The molecule has 1 atom stereocenters. The molecule has 98 valence electrons. The Kier molecular flexibility index (Phi) is 4.84. The van der Waals surface area contributed by atoms with Crippen LogP contribution in [-0.2, 0) is 4.79 Å². The second-order valence-corrected chi connectivity index (χ2v) is 5.72. The maximum Gasteiger partial charge on any atom is 0.320 e. The highest BCUT2D eigenvalue weighted by Crippen LogP contribution is 2.29. The van der Waals surface area contributed by atoms with Gasteiger partial charge in [0.05, 0.1) is 0 Å². The minimum absolute atomic E-state index is 0.291. The molecular formula is C14H25NO2. The molecule has 2 N–H and O–H groups in total. The standard InChI is InChI=1S/C14H25NO2/c16-14(17)13(11-7-5-6-8-11)15-12-9-3-1-2-4-10-12/h11-13,15H,1-10H2,(H,16,17). The molecule has 0 amide bonds. The summed E-state index contributed by atoms with van der Waals surface area (Å²) >= 11 is 0. The number of carbonyl (C=O) groups is 1. The summed E-state index contributed by atoms with van der Waals surface area (Å²) < 4.78 is 0. The van der Waals surface area contributed by atoms with Crippen LogP contribution in [0, 0.1) is 5.92 Å². The van der Waals surface area contributed by atoms with E-state index < -0.39 is 5.97 Å². The van der Waals surface area contributed by atoms with Crippen LogP contribution in [0.15, 0.2) is 0 Å². The van der Waals surface area contributed by atoms with Gasteiger partial charge in [-0.05, 0) is 31.6 Å². The van der Waals surface area contributed by atoms with E-state index in [2.05, 4.69) is 5.32 Å². The smallest absolute Gasteiger partial charge is 0.320 e. The van der Waals surface area contributed by atoms with Crippen LogP contribution in [0.5, 0.6) is 0 Å². The van der Waals surface area contributed by atoms with Crippen molar-refractivity contribution in [3.63, 3.8) is 0 Å².